The molecule has 27 heavy (non-hydrogen) atoms. The van der Waals surface area contributed by atoms with Crippen LogP contribution in [0.4, 0.5) is 24.5 Å². The zero-order chi connectivity index (χ0) is 19.7. The lowest BCUT2D eigenvalue weighted by molar-refractivity contribution is -0.122. The first-order valence-electron chi connectivity index (χ1n) is 7.90. The number of benzene rings is 2. The van der Waals surface area contributed by atoms with Crippen molar-refractivity contribution >= 4 is 34.8 Å². The van der Waals surface area contributed by atoms with E-state index in [2.05, 4.69) is 5.32 Å². The monoisotopic (exact) mass is 398 g/mol. The molecular weight excluding hydrogens is 385 g/mol. The molecule has 3 rings (SSSR count). The maximum absolute atomic E-state index is 13.9. The van der Waals surface area contributed by atoms with Crippen molar-refractivity contribution < 1.29 is 27.5 Å². The van der Waals surface area contributed by atoms with E-state index in [0.717, 1.165) is 17.0 Å². The summed E-state index contributed by atoms with van der Waals surface area (Å²) in [6.45, 7) is -0.156. The molecule has 1 N–H and O–H groups in total. The molecule has 142 valence electrons. The molecule has 2 amide bonds. The molecule has 9 heteroatoms. The molecule has 1 atom stereocenters. The first-order valence-corrected chi connectivity index (χ1v) is 8.28. The molecule has 0 spiro atoms. The Labute approximate surface area is 157 Å². The maximum Gasteiger partial charge on any atom is 0.229 e. The molecule has 1 aliphatic heterocycles. The van der Waals surface area contributed by atoms with E-state index in [4.69, 9.17) is 16.3 Å². The zero-order valence-corrected chi connectivity index (χ0v) is 14.8. The predicted octanol–water partition coefficient (Wildman–Crippen LogP) is 3.76. The summed E-state index contributed by atoms with van der Waals surface area (Å²) >= 11 is 6.00. The van der Waals surface area contributed by atoms with Gasteiger partial charge in [0.15, 0.2) is 17.5 Å². The van der Waals surface area contributed by atoms with E-state index in [1.807, 2.05) is 0 Å². The van der Waals surface area contributed by atoms with Crippen LogP contribution in [0.2, 0.25) is 5.02 Å². The second-order valence-corrected chi connectivity index (χ2v) is 6.35. The Hall–Kier alpha value is -2.74. The van der Waals surface area contributed by atoms with E-state index < -0.39 is 40.9 Å². The van der Waals surface area contributed by atoms with Crippen molar-refractivity contribution in [1.29, 1.82) is 0 Å². The van der Waals surface area contributed by atoms with Crippen LogP contribution in [0, 0.1) is 23.4 Å². The van der Waals surface area contributed by atoms with Gasteiger partial charge in [0.1, 0.15) is 5.75 Å². The van der Waals surface area contributed by atoms with Crippen LogP contribution in [-0.2, 0) is 9.59 Å². The Morgan fingerprint density at radius 1 is 1.22 bits per heavy atom. The summed E-state index contributed by atoms with van der Waals surface area (Å²) in [6, 6.07) is 6.33. The summed E-state index contributed by atoms with van der Waals surface area (Å²) in [6.07, 6.45) is -0.186. The van der Waals surface area contributed by atoms with E-state index >= 15 is 0 Å². The molecule has 1 aliphatic rings. The average molecular weight is 399 g/mol. The van der Waals surface area contributed by atoms with Gasteiger partial charge in [-0.3, -0.25) is 9.59 Å². The summed E-state index contributed by atoms with van der Waals surface area (Å²) in [5.74, 6) is -5.87. The van der Waals surface area contributed by atoms with E-state index in [0.29, 0.717) is 16.5 Å². The maximum atomic E-state index is 13.9. The number of nitrogens with zero attached hydrogens (tertiary/aromatic N) is 1. The number of amides is 2. The first-order chi connectivity index (χ1) is 12.8. The molecule has 2 aromatic rings. The Balaban J connectivity index is 1.74. The minimum atomic E-state index is -1.67. The lowest BCUT2D eigenvalue weighted by Crippen LogP contribution is -2.29. The lowest BCUT2D eigenvalue weighted by atomic mass is 10.1. The van der Waals surface area contributed by atoms with Gasteiger partial charge in [-0.05, 0) is 30.3 Å². The Morgan fingerprint density at radius 2 is 1.96 bits per heavy atom. The molecule has 1 saturated heterocycles. The smallest absolute Gasteiger partial charge is 0.229 e. The van der Waals surface area contributed by atoms with E-state index in [1.54, 1.807) is 12.1 Å². The number of rotatable bonds is 4. The highest BCUT2D eigenvalue weighted by molar-refractivity contribution is 6.32. The van der Waals surface area contributed by atoms with Crippen LogP contribution in [0.15, 0.2) is 30.3 Å². The third kappa shape index (κ3) is 3.71. The van der Waals surface area contributed by atoms with E-state index in [9.17, 15) is 22.8 Å². The van der Waals surface area contributed by atoms with Gasteiger partial charge in [-0.15, -0.1) is 0 Å². The van der Waals surface area contributed by atoms with Gasteiger partial charge in [-0.1, -0.05) is 11.6 Å². The van der Waals surface area contributed by atoms with Crippen molar-refractivity contribution in [2.45, 2.75) is 6.42 Å². The van der Waals surface area contributed by atoms with Crippen molar-refractivity contribution in [1.82, 2.24) is 0 Å². The second-order valence-electron chi connectivity index (χ2n) is 5.94. The largest absolute Gasteiger partial charge is 0.495 e. The summed E-state index contributed by atoms with van der Waals surface area (Å²) in [7, 11) is 1.45. The van der Waals surface area contributed by atoms with Crippen LogP contribution in [0.1, 0.15) is 6.42 Å². The first kappa shape index (κ1) is 19.0. The van der Waals surface area contributed by atoms with Crippen LogP contribution < -0.4 is 15.0 Å². The predicted molar refractivity (Wildman–Crippen MR) is 93.4 cm³/mol. The Bertz CT molecular complexity index is 923. The fraction of sp³-hybridized carbons (Fsp3) is 0.222. The normalized spacial score (nSPS) is 16.6. The summed E-state index contributed by atoms with van der Waals surface area (Å²) in [5, 5.41) is 2.91. The van der Waals surface area contributed by atoms with Gasteiger partial charge in [-0.2, -0.15) is 0 Å². The zero-order valence-electron chi connectivity index (χ0n) is 14.1. The van der Waals surface area contributed by atoms with Crippen LogP contribution in [0.3, 0.4) is 0 Å². The number of hydrogen-bond donors (Lipinski definition) is 1. The number of nitrogens with one attached hydrogen (secondary N) is 1. The Kier molecular flexibility index (Phi) is 5.27. The molecule has 5 nitrogen and oxygen atoms in total. The SMILES string of the molecule is COc1ccc(NC(=O)C2CC(=O)N(c3ccc(F)c(F)c3F)C2)cc1Cl. The van der Waals surface area contributed by atoms with Gasteiger partial charge in [0.05, 0.1) is 23.7 Å². The fourth-order valence-corrected chi connectivity index (χ4v) is 3.09. The van der Waals surface area contributed by atoms with Gasteiger partial charge in [0.2, 0.25) is 11.8 Å². The molecule has 0 aliphatic carbocycles. The molecular formula is C18H14ClF3N2O3. The van der Waals surface area contributed by atoms with E-state index in [-0.39, 0.29) is 13.0 Å². The third-order valence-electron chi connectivity index (χ3n) is 4.22. The van der Waals surface area contributed by atoms with Crippen LogP contribution in [0.5, 0.6) is 5.75 Å². The van der Waals surface area contributed by atoms with Gasteiger partial charge in [0, 0.05) is 18.7 Å². The van der Waals surface area contributed by atoms with Gasteiger partial charge in [-0.25, -0.2) is 13.2 Å². The van der Waals surface area contributed by atoms with Crippen molar-refractivity contribution in [3.63, 3.8) is 0 Å². The highest BCUT2D eigenvalue weighted by atomic mass is 35.5. The fourth-order valence-electron chi connectivity index (χ4n) is 2.83. The number of hydrogen-bond acceptors (Lipinski definition) is 3. The number of anilines is 2. The molecule has 2 aromatic carbocycles. The van der Waals surface area contributed by atoms with Gasteiger partial charge >= 0.3 is 0 Å². The average Bonchev–Trinajstić information content (AvgIpc) is 3.02. The molecule has 0 saturated carbocycles. The minimum Gasteiger partial charge on any atom is -0.495 e. The van der Waals surface area contributed by atoms with Crippen molar-refractivity contribution in [3.05, 3.63) is 52.8 Å². The molecule has 0 radical (unpaired) electrons. The molecule has 0 bridgehead atoms. The van der Waals surface area contributed by atoms with E-state index in [1.165, 1.54) is 13.2 Å². The molecule has 1 heterocycles. The number of halogens is 4. The minimum absolute atomic E-state index is 0.156. The Morgan fingerprint density at radius 3 is 2.63 bits per heavy atom. The molecule has 1 unspecified atom stereocenters. The van der Waals surface area contributed by atoms with Crippen molar-refractivity contribution in [3.8, 4) is 5.75 Å². The number of carbonyl (C=O) groups excluding carboxylic acids is 2. The lowest BCUT2D eigenvalue weighted by Gasteiger charge is -2.18. The number of carbonyl (C=O) groups is 2. The van der Waals surface area contributed by atoms with Gasteiger partial charge in [0.25, 0.3) is 0 Å². The van der Waals surface area contributed by atoms with Crippen molar-refractivity contribution in [2.75, 3.05) is 23.9 Å². The van der Waals surface area contributed by atoms with Gasteiger partial charge < -0.3 is 15.0 Å². The second kappa shape index (κ2) is 7.48. The highest BCUT2D eigenvalue weighted by Gasteiger charge is 2.37. The highest BCUT2D eigenvalue weighted by Crippen LogP contribution is 2.31. The third-order valence-corrected chi connectivity index (χ3v) is 4.52. The standard InChI is InChI=1S/C18H14ClF3N2O3/c1-27-14-5-2-10(7-11(14)19)23-18(26)9-6-15(25)24(8-9)13-4-3-12(20)16(21)17(13)22/h2-5,7,9H,6,8H2,1H3,(H,23,26). The van der Waals surface area contributed by atoms with Crippen LogP contribution in [0.25, 0.3) is 0 Å². The topological polar surface area (TPSA) is 58.6 Å². The van der Waals surface area contributed by atoms with Crippen LogP contribution in [-0.4, -0.2) is 25.5 Å². The summed E-state index contributed by atoms with van der Waals surface area (Å²) in [5.41, 5.74) is -0.00241. The van der Waals surface area contributed by atoms with Crippen molar-refractivity contribution in [2.24, 2.45) is 5.92 Å². The molecule has 0 aromatic heterocycles. The summed E-state index contributed by atoms with van der Waals surface area (Å²) < 4.78 is 45.5. The number of methoxy groups -OCH3 is 1. The van der Waals surface area contributed by atoms with Crippen LogP contribution >= 0.6 is 11.6 Å². The summed E-state index contributed by atoms with van der Waals surface area (Å²) in [4.78, 5) is 25.5. The molecule has 1 fully saturated rings. The quantitative estimate of drug-likeness (QED) is 0.798. The number of ether oxygens (including phenoxy) is 1.